The SMILES string of the molecule is N#Cc1ccc2c[n+]3ccccc3cc2c1.[O-][Cl+3]([O-])([O-])[O-]. The van der Waals surface area contributed by atoms with Crippen molar-refractivity contribution in [3.8, 4) is 6.07 Å². The maximum atomic E-state index is 8.86. The minimum Gasteiger partial charge on any atom is -0.222 e. The highest BCUT2D eigenvalue weighted by molar-refractivity contribution is 5.84. The Kier molecular flexibility index (Phi) is 4.33. The summed E-state index contributed by atoms with van der Waals surface area (Å²) >= 11 is 0. The third-order valence-corrected chi connectivity index (χ3v) is 2.72. The van der Waals surface area contributed by atoms with Crippen molar-refractivity contribution in [1.29, 1.82) is 5.26 Å². The standard InChI is InChI=1S/C14H9N2.ClHO4/c15-9-11-4-5-12-10-16-6-2-1-3-14(16)8-13(12)7-11;2-1(3,4)5/h1-8,10H;(H,2,3,4,5)/q+1;/p-1. The van der Waals surface area contributed by atoms with Crippen LogP contribution in [0.3, 0.4) is 0 Å². The quantitative estimate of drug-likeness (QED) is 0.341. The molecule has 0 fully saturated rings. The molecule has 3 rings (SSSR count). The fourth-order valence-electron chi connectivity index (χ4n) is 1.90. The van der Waals surface area contributed by atoms with Gasteiger partial charge < -0.3 is 0 Å². The Morgan fingerprint density at radius 3 is 2.33 bits per heavy atom. The van der Waals surface area contributed by atoms with E-state index < -0.39 is 10.2 Å². The summed E-state index contributed by atoms with van der Waals surface area (Å²) in [6.45, 7) is 0. The van der Waals surface area contributed by atoms with Crippen molar-refractivity contribution in [3.63, 3.8) is 0 Å². The zero-order valence-corrected chi connectivity index (χ0v) is 11.4. The Balaban J connectivity index is 0.000000282. The molecule has 1 aromatic carbocycles. The van der Waals surface area contributed by atoms with Gasteiger partial charge in [-0.2, -0.15) is 9.66 Å². The van der Waals surface area contributed by atoms with Crippen molar-refractivity contribution >= 4 is 16.3 Å². The number of rotatable bonds is 0. The van der Waals surface area contributed by atoms with Crippen LogP contribution in [0.15, 0.2) is 54.9 Å². The number of halogens is 1. The number of nitriles is 1. The number of fused-ring (bicyclic) bond motifs is 2. The normalized spacial score (nSPS) is 10.8. The molecule has 0 aliphatic heterocycles. The van der Waals surface area contributed by atoms with Crippen molar-refractivity contribution < 1.29 is 33.3 Å². The van der Waals surface area contributed by atoms with Crippen LogP contribution in [0, 0.1) is 21.6 Å². The molecular weight excluding hydrogens is 296 g/mol. The van der Waals surface area contributed by atoms with Gasteiger partial charge in [0.05, 0.1) is 11.6 Å². The third-order valence-electron chi connectivity index (χ3n) is 2.72. The second kappa shape index (κ2) is 6.01. The first-order valence-electron chi connectivity index (χ1n) is 5.72. The van der Waals surface area contributed by atoms with Crippen LogP contribution in [0.4, 0.5) is 0 Å². The van der Waals surface area contributed by atoms with Crippen molar-refractivity contribution in [2.45, 2.75) is 0 Å². The summed E-state index contributed by atoms with van der Waals surface area (Å²) in [7, 11) is -4.94. The fourth-order valence-corrected chi connectivity index (χ4v) is 1.90. The molecule has 2 aromatic heterocycles. The fraction of sp³-hybridized carbons (Fsp3) is 0. The molecule has 0 saturated carbocycles. The molecule has 0 aliphatic rings. The van der Waals surface area contributed by atoms with Gasteiger partial charge in [-0.3, -0.25) is 0 Å². The monoisotopic (exact) mass is 304 g/mol. The molecule has 0 aliphatic carbocycles. The third kappa shape index (κ3) is 4.36. The molecule has 0 saturated heterocycles. The molecule has 0 amide bonds. The van der Waals surface area contributed by atoms with Crippen LogP contribution < -0.4 is 23.0 Å². The van der Waals surface area contributed by atoms with Gasteiger partial charge in [-0.1, -0.05) is 0 Å². The minimum atomic E-state index is -4.94. The predicted molar refractivity (Wildman–Crippen MR) is 61.8 cm³/mol. The van der Waals surface area contributed by atoms with Gasteiger partial charge in [0.15, 0.2) is 12.4 Å². The smallest absolute Gasteiger partial charge is 0.211 e. The lowest BCUT2D eigenvalue weighted by molar-refractivity contribution is -2.00. The first-order valence-corrected chi connectivity index (χ1v) is 6.96. The van der Waals surface area contributed by atoms with Crippen LogP contribution in [0.5, 0.6) is 0 Å². The van der Waals surface area contributed by atoms with Gasteiger partial charge in [0.25, 0.3) is 0 Å². The first-order chi connectivity index (χ1) is 9.86. The molecule has 2 heterocycles. The van der Waals surface area contributed by atoms with Crippen molar-refractivity contribution in [3.05, 3.63) is 60.4 Å². The molecular formula is C14H9ClN2O4. The number of nitrogens with zero attached hydrogens (tertiary/aromatic N) is 2. The summed E-state index contributed by atoms with van der Waals surface area (Å²) in [5.41, 5.74) is 1.83. The van der Waals surface area contributed by atoms with Gasteiger partial charge in [-0.05, 0) is 29.7 Å². The molecule has 21 heavy (non-hydrogen) atoms. The van der Waals surface area contributed by atoms with Crippen LogP contribution in [-0.4, -0.2) is 0 Å². The molecule has 0 atom stereocenters. The summed E-state index contributed by atoms with van der Waals surface area (Å²) in [6.07, 6.45) is 4.10. The number of benzene rings is 1. The maximum Gasteiger partial charge on any atom is 0.211 e. The van der Waals surface area contributed by atoms with Crippen molar-refractivity contribution in [2.24, 2.45) is 0 Å². The largest absolute Gasteiger partial charge is 0.222 e. The molecule has 106 valence electrons. The van der Waals surface area contributed by atoms with E-state index in [1.807, 2.05) is 36.5 Å². The van der Waals surface area contributed by atoms with Gasteiger partial charge >= 0.3 is 0 Å². The second-order valence-electron chi connectivity index (χ2n) is 4.14. The van der Waals surface area contributed by atoms with E-state index in [0.717, 1.165) is 16.3 Å². The minimum absolute atomic E-state index is 0.702. The maximum absolute atomic E-state index is 8.86. The van der Waals surface area contributed by atoms with E-state index in [9.17, 15) is 0 Å². The van der Waals surface area contributed by atoms with Gasteiger partial charge in [-0.15, -0.1) is 10.2 Å². The first kappa shape index (κ1) is 15.1. The highest BCUT2D eigenvalue weighted by Crippen LogP contribution is 2.15. The van der Waals surface area contributed by atoms with Gasteiger partial charge in [0.2, 0.25) is 5.52 Å². The Bertz CT molecular complexity index is 818. The molecule has 7 heteroatoms. The lowest BCUT2D eigenvalue weighted by Crippen LogP contribution is -2.68. The molecule has 0 unspecified atom stereocenters. The zero-order valence-electron chi connectivity index (χ0n) is 10.6. The van der Waals surface area contributed by atoms with Crippen molar-refractivity contribution in [2.75, 3.05) is 0 Å². The summed E-state index contributed by atoms with van der Waals surface area (Å²) < 4.78 is 36.0. The Hall–Kier alpha value is -2.27. The lowest BCUT2D eigenvalue weighted by Gasteiger charge is -2.17. The number of aromatic nitrogens is 1. The van der Waals surface area contributed by atoms with Crippen LogP contribution in [0.2, 0.25) is 0 Å². The van der Waals surface area contributed by atoms with E-state index >= 15 is 0 Å². The summed E-state index contributed by atoms with van der Waals surface area (Å²) in [4.78, 5) is 0. The molecule has 0 radical (unpaired) electrons. The molecule has 0 N–H and O–H groups in total. The number of hydrogen-bond donors (Lipinski definition) is 0. The van der Waals surface area contributed by atoms with E-state index in [1.54, 1.807) is 0 Å². The van der Waals surface area contributed by atoms with E-state index in [0.29, 0.717) is 5.56 Å². The van der Waals surface area contributed by atoms with Gasteiger partial charge in [-0.25, -0.2) is 18.6 Å². The summed E-state index contributed by atoms with van der Waals surface area (Å²) in [5, 5.41) is 11.1. The Labute approximate surface area is 122 Å². The van der Waals surface area contributed by atoms with E-state index in [1.165, 1.54) is 0 Å². The second-order valence-corrected chi connectivity index (χ2v) is 4.90. The van der Waals surface area contributed by atoms with Crippen LogP contribution in [-0.2, 0) is 0 Å². The highest BCUT2D eigenvalue weighted by Gasteiger charge is 2.04. The topological polar surface area (TPSA) is 120 Å². The summed E-state index contributed by atoms with van der Waals surface area (Å²) in [6, 6.07) is 16.1. The van der Waals surface area contributed by atoms with Crippen LogP contribution >= 0.6 is 0 Å². The zero-order chi connectivity index (χ0) is 15.5. The van der Waals surface area contributed by atoms with E-state index in [2.05, 4.69) is 28.8 Å². The average molecular weight is 305 g/mol. The Morgan fingerprint density at radius 1 is 0.952 bits per heavy atom. The highest BCUT2D eigenvalue weighted by atomic mass is 35.7. The van der Waals surface area contributed by atoms with E-state index in [-0.39, 0.29) is 0 Å². The Morgan fingerprint density at radius 2 is 1.67 bits per heavy atom. The van der Waals surface area contributed by atoms with Gasteiger partial charge in [0, 0.05) is 23.6 Å². The van der Waals surface area contributed by atoms with Crippen molar-refractivity contribution in [1.82, 2.24) is 0 Å². The lowest BCUT2D eigenvalue weighted by atomic mass is 10.1. The number of hydrogen-bond acceptors (Lipinski definition) is 5. The van der Waals surface area contributed by atoms with Gasteiger partial charge in [0.1, 0.15) is 0 Å². The van der Waals surface area contributed by atoms with E-state index in [4.69, 9.17) is 23.9 Å². The molecule has 3 aromatic rings. The predicted octanol–water partition coefficient (Wildman–Crippen LogP) is -2.31. The van der Waals surface area contributed by atoms with Crippen LogP contribution in [0.1, 0.15) is 5.56 Å². The molecule has 6 nitrogen and oxygen atoms in total. The molecule has 0 spiro atoms. The molecule has 0 bridgehead atoms. The van der Waals surface area contributed by atoms with Crippen LogP contribution in [0.25, 0.3) is 16.3 Å². The number of pyridine rings is 2. The summed E-state index contributed by atoms with van der Waals surface area (Å²) in [5.74, 6) is 0. The average Bonchev–Trinajstić information content (AvgIpc) is 2.42.